The molecule has 0 unspecified atom stereocenters. The topological polar surface area (TPSA) is 60.5 Å². The maximum absolute atomic E-state index is 12.6. The molecule has 0 aliphatic carbocycles. The van der Waals surface area contributed by atoms with Crippen LogP contribution in [0.1, 0.15) is 34.5 Å². The summed E-state index contributed by atoms with van der Waals surface area (Å²) in [6.45, 7) is 1.35. The number of benzene rings is 2. The molecule has 0 saturated carbocycles. The maximum atomic E-state index is 12.6. The number of amides is 1. The van der Waals surface area contributed by atoms with E-state index in [2.05, 4.69) is 22.1 Å². The number of rotatable bonds is 5. The van der Waals surface area contributed by atoms with Gasteiger partial charge in [-0.2, -0.15) is 0 Å². The fourth-order valence-electron chi connectivity index (χ4n) is 3.12. The SMILES string of the molecule is O=C(Nc1cccc(C#Cc2ccccn2)c1)c1ccc(OC[C@@H]2CCCO2)cc1. The van der Waals surface area contributed by atoms with Crippen molar-refractivity contribution in [2.45, 2.75) is 18.9 Å². The van der Waals surface area contributed by atoms with Gasteiger partial charge in [-0.3, -0.25) is 4.79 Å². The number of nitrogens with zero attached hydrogens (tertiary/aromatic N) is 1. The van der Waals surface area contributed by atoms with E-state index in [1.807, 2.05) is 42.5 Å². The first-order valence-electron chi connectivity index (χ1n) is 9.95. The summed E-state index contributed by atoms with van der Waals surface area (Å²) in [6, 6.07) is 20.2. The summed E-state index contributed by atoms with van der Waals surface area (Å²) in [5.74, 6) is 6.63. The van der Waals surface area contributed by atoms with E-state index in [0.29, 0.717) is 23.6 Å². The highest BCUT2D eigenvalue weighted by Gasteiger charge is 2.16. The molecule has 1 saturated heterocycles. The van der Waals surface area contributed by atoms with Gasteiger partial charge in [0, 0.05) is 29.6 Å². The van der Waals surface area contributed by atoms with E-state index in [0.717, 1.165) is 30.8 Å². The van der Waals surface area contributed by atoms with E-state index >= 15 is 0 Å². The van der Waals surface area contributed by atoms with E-state index in [4.69, 9.17) is 9.47 Å². The highest BCUT2D eigenvalue weighted by Crippen LogP contribution is 2.18. The number of hydrogen-bond acceptors (Lipinski definition) is 4. The minimum atomic E-state index is -0.185. The number of carbonyl (C=O) groups excluding carboxylic acids is 1. The van der Waals surface area contributed by atoms with Crippen LogP contribution in [0.3, 0.4) is 0 Å². The molecule has 1 aromatic heterocycles. The van der Waals surface area contributed by atoms with Gasteiger partial charge in [-0.15, -0.1) is 0 Å². The first-order valence-corrected chi connectivity index (χ1v) is 9.95. The third-order valence-corrected chi connectivity index (χ3v) is 4.70. The standard InChI is InChI=1S/C25H22N2O3/c28-25(20-10-13-23(14-11-20)30-18-24-8-4-16-29-24)27-22-7-3-5-19(17-22)9-12-21-6-1-2-15-26-21/h1-3,5-7,10-11,13-15,17,24H,4,8,16,18H2,(H,27,28)/t24-/m0/s1. The first-order chi connectivity index (χ1) is 14.8. The molecule has 1 N–H and O–H groups in total. The van der Waals surface area contributed by atoms with Gasteiger partial charge >= 0.3 is 0 Å². The van der Waals surface area contributed by atoms with Crippen LogP contribution in [0, 0.1) is 11.8 Å². The third-order valence-electron chi connectivity index (χ3n) is 4.70. The van der Waals surface area contributed by atoms with Crippen molar-refractivity contribution in [3.8, 4) is 17.6 Å². The second kappa shape index (κ2) is 9.73. The predicted octanol–water partition coefficient (Wildman–Crippen LogP) is 4.29. The Morgan fingerprint density at radius 1 is 1.10 bits per heavy atom. The van der Waals surface area contributed by atoms with Crippen molar-refractivity contribution in [1.82, 2.24) is 4.98 Å². The number of ether oxygens (including phenoxy) is 2. The summed E-state index contributed by atoms with van der Waals surface area (Å²) in [5.41, 5.74) is 2.75. The molecule has 1 aliphatic rings. The molecule has 4 rings (SSSR count). The van der Waals surface area contributed by atoms with Gasteiger partial charge < -0.3 is 14.8 Å². The molecule has 30 heavy (non-hydrogen) atoms. The molecule has 1 amide bonds. The fourth-order valence-corrected chi connectivity index (χ4v) is 3.12. The molecule has 0 bridgehead atoms. The second-order valence-electron chi connectivity index (χ2n) is 6.97. The molecular weight excluding hydrogens is 376 g/mol. The van der Waals surface area contributed by atoms with E-state index < -0.39 is 0 Å². The lowest BCUT2D eigenvalue weighted by Crippen LogP contribution is -2.16. The summed E-state index contributed by atoms with van der Waals surface area (Å²) in [5, 5.41) is 2.91. The Kier molecular flexibility index (Phi) is 6.38. The largest absolute Gasteiger partial charge is 0.491 e. The van der Waals surface area contributed by atoms with Crippen LogP contribution in [0.2, 0.25) is 0 Å². The van der Waals surface area contributed by atoms with Gasteiger partial charge in [0.2, 0.25) is 0 Å². The summed E-state index contributed by atoms with van der Waals surface area (Å²) in [7, 11) is 0. The third kappa shape index (κ3) is 5.47. The molecule has 1 aliphatic heterocycles. The van der Waals surface area contributed by atoms with Crippen molar-refractivity contribution in [2.24, 2.45) is 0 Å². The number of pyridine rings is 1. The number of nitrogens with one attached hydrogen (secondary N) is 1. The Bertz CT molecular complexity index is 1050. The molecule has 5 nitrogen and oxygen atoms in total. The number of anilines is 1. The number of hydrogen-bond donors (Lipinski definition) is 1. The summed E-state index contributed by atoms with van der Waals surface area (Å²) in [6.07, 6.45) is 4.00. The fraction of sp³-hybridized carbons (Fsp3) is 0.200. The normalized spacial score (nSPS) is 15.1. The van der Waals surface area contributed by atoms with Gasteiger partial charge in [-0.05, 0) is 73.4 Å². The lowest BCUT2D eigenvalue weighted by atomic mass is 10.1. The van der Waals surface area contributed by atoms with Crippen LogP contribution in [-0.4, -0.2) is 30.2 Å². The zero-order chi connectivity index (χ0) is 20.6. The number of carbonyl (C=O) groups is 1. The Morgan fingerprint density at radius 3 is 2.77 bits per heavy atom. The minimum absolute atomic E-state index is 0.168. The van der Waals surface area contributed by atoms with Gasteiger partial charge in [-0.1, -0.05) is 18.1 Å². The monoisotopic (exact) mass is 398 g/mol. The Hall–Kier alpha value is -3.62. The lowest BCUT2D eigenvalue weighted by molar-refractivity contribution is 0.0679. The molecule has 1 atom stereocenters. The van der Waals surface area contributed by atoms with E-state index in [9.17, 15) is 4.79 Å². The van der Waals surface area contributed by atoms with Crippen LogP contribution in [0.5, 0.6) is 5.75 Å². The van der Waals surface area contributed by atoms with Crippen molar-refractivity contribution < 1.29 is 14.3 Å². The summed E-state index contributed by atoms with van der Waals surface area (Å²) in [4.78, 5) is 16.8. The molecule has 3 aromatic rings. The Balaban J connectivity index is 1.36. The van der Waals surface area contributed by atoms with Crippen LogP contribution in [-0.2, 0) is 4.74 Å². The van der Waals surface area contributed by atoms with E-state index in [-0.39, 0.29) is 12.0 Å². The van der Waals surface area contributed by atoms with Gasteiger partial charge in [0.15, 0.2) is 0 Å². The van der Waals surface area contributed by atoms with Crippen molar-refractivity contribution in [3.63, 3.8) is 0 Å². The van der Waals surface area contributed by atoms with Crippen molar-refractivity contribution in [1.29, 1.82) is 0 Å². The molecule has 2 heterocycles. The van der Waals surface area contributed by atoms with Crippen LogP contribution < -0.4 is 10.1 Å². The van der Waals surface area contributed by atoms with Crippen LogP contribution in [0.15, 0.2) is 72.9 Å². The van der Waals surface area contributed by atoms with Crippen LogP contribution in [0.4, 0.5) is 5.69 Å². The number of aromatic nitrogens is 1. The van der Waals surface area contributed by atoms with E-state index in [1.165, 1.54) is 0 Å². The first kappa shape index (κ1) is 19.7. The molecule has 2 aromatic carbocycles. The highest BCUT2D eigenvalue weighted by molar-refractivity contribution is 6.04. The second-order valence-corrected chi connectivity index (χ2v) is 6.97. The zero-order valence-electron chi connectivity index (χ0n) is 16.5. The van der Waals surface area contributed by atoms with Crippen LogP contribution in [0.25, 0.3) is 0 Å². The molecule has 0 radical (unpaired) electrons. The maximum Gasteiger partial charge on any atom is 0.255 e. The average Bonchev–Trinajstić information content (AvgIpc) is 3.31. The molecule has 5 heteroatoms. The quantitative estimate of drug-likeness (QED) is 0.652. The summed E-state index contributed by atoms with van der Waals surface area (Å²) < 4.78 is 11.3. The molecular formula is C25H22N2O3. The van der Waals surface area contributed by atoms with Crippen molar-refractivity contribution in [3.05, 3.63) is 89.7 Å². The van der Waals surface area contributed by atoms with E-state index in [1.54, 1.807) is 30.5 Å². The van der Waals surface area contributed by atoms with Crippen molar-refractivity contribution in [2.75, 3.05) is 18.5 Å². The lowest BCUT2D eigenvalue weighted by Gasteiger charge is -2.12. The van der Waals surface area contributed by atoms with Gasteiger partial charge in [0.25, 0.3) is 5.91 Å². The Morgan fingerprint density at radius 2 is 2.00 bits per heavy atom. The van der Waals surface area contributed by atoms with Crippen molar-refractivity contribution >= 4 is 11.6 Å². The minimum Gasteiger partial charge on any atom is -0.491 e. The van der Waals surface area contributed by atoms with Gasteiger partial charge in [0.1, 0.15) is 18.1 Å². The van der Waals surface area contributed by atoms with Gasteiger partial charge in [0.05, 0.1) is 6.10 Å². The average molecular weight is 398 g/mol. The molecule has 0 spiro atoms. The molecule has 1 fully saturated rings. The smallest absolute Gasteiger partial charge is 0.255 e. The van der Waals surface area contributed by atoms with Gasteiger partial charge in [-0.25, -0.2) is 4.98 Å². The zero-order valence-corrected chi connectivity index (χ0v) is 16.5. The highest BCUT2D eigenvalue weighted by atomic mass is 16.5. The Labute approximate surface area is 176 Å². The predicted molar refractivity (Wildman–Crippen MR) is 116 cm³/mol. The molecule has 150 valence electrons. The summed E-state index contributed by atoms with van der Waals surface area (Å²) >= 11 is 0. The van der Waals surface area contributed by atoms with Crippen LogP contribution >= 0.6 is 0 Å².